The molecule has 2 aromatic carbocycles. The molecule has 1 unspecified atom stereocenters. The van der Waals surface area contributed by atoms with E-state index >= 15 is 0 Å². The number of amides is 1. The molecule has 5 heteroatoms. The van der Waals surface area contributed by atoms with Crippen LogP contribution in [0, 0.1) is 17.4 Å². The quantitative estimate of drug-likeness (QED) is 0.838. The van der Waals surface area contributed by atoms with E-state index in [0.29, 0.717) is 13.1 Å². The van der Waals surface area contributed by atoms with E-state index in [1.807, 2.05) is 30.3 Å². The van der Waals surface area contributed by atoms with Crippen LogP contribution < -0.4 is 10.6 Å². The molecule has 2 heterocycles. The number of fused-ring (bicyclic) bond motifs is 1. The van der Waals surface area contributed by atoms with E-state index in [2.05, 4.69) is 29.0 Å². The number of hydrogen-bond donors (Lipinski definition) is 2. The van der Waals surface area contributed by atoms with Crippen LogP contribution >= 0.6 is 0 Å². The predicted octanol–water partition coefficient (Wildman–Crippen LogP) is 3.09. The van der Waals surface area contributed by atoms with Gasteiger partial charge < -0.3 is 15.5 Å². The number of benzene rings is 2. The standard InChI is InChI=1S/C21H22N4O/c22-14-25-12-17-9-18(24-21(26)16-7-4-8-23-11-16)10-19(20(17)13-25)15-5-2-1-3-6-15/h1-3,5-6,9-10,16,23H,4,7-8,11-13H2,(H,24,26). The van der Waals surface area contributed by atoms with Crippen LogP contribution in [0.5, 0.6) is 0 Å². The van der Waals surface area contributed by atoms with Crippen molar-refractivity contribution in [1.29, 1.82) is 5.26 Å². The minimum atomic E-state index is 0.0211. The molecule has 0 spiro atoms. The third-order valence-corrected chi connectivity index (χ3v) is 5.21. The first-order valence-electron chi connectivity index (χ1n) is 9.12. The van der Waals surface area contributed by atoms with E-state index in [4.69, 9.17) is 0 Å². The van der Waals surface area contributed by atoms with Crippen molar-refractivity contribution in [2.75, 3.05) is 18.4 Å². The monoisotopic (exact) mass is 346 g/mol. The van der Waals surface area contributed by atoms with Crippen LogP contribution in [0.2, 0.25) is 0 Å². The van der Waals surface area contributed by atoms with Crippen molar-refractivity contribution < 1.29 is 4.79 Å². The number of anilines is 1. The zero-order valence-electron chi connectivity index (χ0n) is 14.7. The van der Waals surface area contributed by atoms with Gasteiger partial charge in [0.15, 0.2) is 6.19 Å². The Kier molecular flexibility index (Phi) is 4.59. The summed E-state index contributed by atoms with van der Waals surface area (Å²) in [6.45, 7) is 2.95. The van der Waals surface area contributed by atoms with Crippen LogP contribution in [0.15, 0.2) is 42.5 Å². The Bertz CT molecular complexity index is 850. The van der Waals surface area contributed by atoms with E-state index in [1.54, 1.807) is 4.90 Å². The molecule has 1 fully saturated rings. The van der Waals surface area contributed by atoms with Crippen molar-refractivity contribution in [1.82, 2.24) is 10.2 Å². The van der Waals surface area contributed by atoms with E-state index in [9.17, 15) is 10.1 Å². The summed E-state index contributed by atoms with van der Waals surface area (Å²) in [6, 6.07) is 14.2. The Hall–Kier alpha value is -2.84. The molecule has 2 aromatic rings. The lowest BCUT2D eigenvalue weighted by Crippen LogP contribution is -2.37. The summed E-state index contributed by atoms with van der Waals surface area (Å²) in [5.41, 5.74) is 5.31. The lowest BCUT2D eigenvalue weighted by molar-refractivity contribution is -0.120. The minimum Gasteiger partial charge on any atom is -0.326 e. The van der Waals surface area contributed by atoms with Gasteiger partial charge in [-0.2, -0.15) is 5.26 Å². The maximum Gasteiger partial charge on any atom is 0.228 e. The third kappa shape index (κ3) is 3.29. The predicted molar refractivity (Wildman–Crippen MR) is 101 cm³/mol. The number of rotatable bonds is 3. The van der Waals surface area contributed by atoms with Crippen LogP contribution in [0.25, 0.3) is 11.1 Å². The molecule has 2 aliphatic heterocycles. The van der Waals surface area contributed by atoms with Gasteiger partial charge in [-0.25, -0.2) is 0 Å². The van der Waals surface area contributed by atoms with Gasteiger partial charge in [-0.3, -0.25) is 4.79 Å². The Labute approximate surface area is 153 Å². The Balaban J connectivity index is 1.66. The Morgan fingerprint density at radius 2 is 2.08 bits per heavy atom. The van der Waals surface area contributed by atoms with Crippen molar-refractivity contribution in [2.45, 2.75) is 25.9 Å². The minimum absolute atomic E-state index is 0.0211. The first-order valence-corrected chi connectivity index (χ1v) is 9.12. The average molecular weight is 346 g/mol. The molecule has 132 valence electrons. The number of nitrogens with zero attached hydrogens (tertiary/aromatic N) is 2. The summed E-state index contributed by atoms with van der Waals surface area (Å²) in [5, 5.41) is 15.7. The average Bonchev–Trinajstić information content (AvgIpc) is 3.12. The van der Waals surface area contributed by atoms with Crippen LogP contribution in [0.4, 0.5) is 5.69 Å². The maximum absolute atomic E-state index is 12.6. The number of nitrogens with one attached hydrogen (secondary N) is 2. The highest BCUT2D eigenvalue weighted by molar-refractivity contribution is 5.94. The molecule has 2 aliphatic rings. The molecule has 0 bridgehead atoms. The van der Waals surface area contributed by atoms with Crippen molar-refractivity contribution in [3.63, 3.8) is 0 Å². The van der Waals surface area contributed by atoms with Crippen molar-refractivity contribution in [3.05, 3.63) is 53.6 Å². The number of carbonyl (C=O) groups excluding carboxylic acids is 1. The highest BCUT2D eigenvalue weighted by atomic mass is 16.1. The molecule has 0 aromatic heterocycles. The molecule has 0 radical (unpaired) electrons. The SMILES string of the molecule is N#CN1Cc2cc(NC(=O)C3CCCNC3)cc(-c3ccccc3)c2C1. The third-order valence-electron chi connectivity index (χ3n) is 5.21. The molecule has 2 N–H and O–H groups in total. The van der Waals surface area contributed by atoms with Gasteiger partial charge in [0.05, 0.1) is 19.0 Å². The highest BCUT2D eigenvalue weighted by Gasteiger charge is 2.25. The molecule has 0 saturated carbocycles. The van der Waals surface area contributed by atoms with Gasteiger partial charge >= 0.3 is 0 Å². The van der Waals surface area contributed by atoms with E-state index in [1.165, 1.54) is 5.56 Å². The van der Waals surface area contributed by atoms with E-state index < -0.39 is 0 Å². The van der Waals surface area contributed by atoms with Gasteiger partial charge in [0.25, 0.3) is 0 Å². The highest BCUT2D eigenvalue weighted by Crippen LogP contribution is 2.35. The maximum atomic E-state index is 12.6. The van der Waals surface area contributed by atoms with Gasteiger partial charge in [-0.1, -0.05) is 30.3 Å². The number of nitriles is 1. The van der Waals surface area contributed by atoms with Gasteiger partial charge in [0.2, 0.25) is 5.91 Å². The normalized spacial score (nSPS) is 18.9. The molecule has 26 heavy (non-hydrogen) atoms. The zero-order valence-corrected chi connectivity index (χ0v) is 14.7. The smallest absolute Gasteiger partial charge is 0.228 e. The van der Waals surface area contributed by atoms with Crippen LogP contribution in [0.1, 0.15) is 24.0 Å². The molecule has 1 amide bonds. The second kappa shape index (κ2) is 7.19. The summed E-state index contributed by atoms with van der Waals surface area (Å²) in [6.07, 6.45) is 4.20. The van der Waals surface area contributed by atoms with Gasteiger partial charge in [-0.05, 0) is 53.8 Å². The van der Waals surface area contributed by atoms with Gasteiger partial charge in [-0.15, -0.1) is 0 Å². The lowest BCUT2D eigenvalue weighted by Gasteiger charge is -2.22. The van der Waals surface area contributed by atoms with E-state index in [-0.39, 0.29) is 11.8 Å². The van der Waals surface area contributed by atoms with E-state index in [0.717, 1.165) is 48.3 Å². The number of piperidine rings is 1. The van der Waals surface area contributed by atoms with Crippen molar-refractivity contribution in [3.8, 4) is 17.3 Å². The summed E-state index contributed by atoms with van der Waals surface area (Å²) >= 11 is 0. The molecule has 4 rings (SSSR count). The fraction of sp³-hybridized carbons (Fsp3) is 0.333. The second-order valence-electron chi connectivity index (χ2n) is 7.02. The number of hydrogen-bond acceptors (Lipinski definition) is 4. The summed E-state index contributed by atoms with van der Waals surface area (Å²) < 4.78 is 0. The Morgan fingerprint density at radius 3 is 2.81 bits per heavy atom. The lowest BCUT2D eigenvalue weighted by atomic mass is 9.95. The molecule has 1 saturated heterocycles. The van der Waals surface area contributed by atoms with Crippen LogP contribution in [0.3, 0.4) is 0 Å². The second-order valence-corrected chi connectivity index (χ2v) is 7.02. The topological polar surface area (TPSA) is 68.2 Å². The van der Waals surface area contributed by atoms with Gasteiger partial charge in [0.1, 0.15) is 0 Å². The fourth-order valence-electron chi connectivity index (χ4n) is 3.85. The number of carbonyl (C=O) groups is 1. The molecule has 5 nitrogen and oxygen atoms in total. The largest absolute Gasteiger partial charge is 0.326 e. The fourth-order valence-corrected chi connectivity index (χ4v) is 3.85. The van der Waals surface area contributed by atoms with Gasteiger partial charge in [0, 0.05) is 12.2 Å². The zero-order chi connectivity index (χ0) is 17.9. The molecule has 1 atom stereocenters. The molecular weight excluding hydrogens is 324 g/mol. The van der Waals surface area contributed by atoms with Crippen LogP contribution in [-0.2, 0) is 17.9 Å². The first-order chi connectivity index (χ1) is 12.7. The summed E-state index contributed by atoms with van der Waals surface area (Å²) in [4.78, 5) is 14.4. The summed E-state index contributed by atoms with van der Waals surface area (Å²) in [7, 11) is 0. The first kappa shape index (κ1) is 16.6. The van der Waals surface area contributed by atoms with Crippen molar-refractivity contribution in [2.24, 2.45) is 5.92 Å². The molecule has 0 aliphatic carbocycles. The van der Waals surface area contributed by atoms with Crippen molar-refractivity contribution >= 4 is 11.6 Å². The molecular formula is C21H22N4O. The summed E-state index contributed by atoms with van der Waals surface area (Å²) in [5.74, 6) is 0.0964. The Morgan fingerprint density at radius 1 is 1.23 bits per heavy atom. The van der Waals surface area contributed by atoms with Crippen LogP contribution in [-0.4, -0.2) is 23.9 Å².